The van der Waals surface area contributed by atoms with Crippen LogP contribution in [0.1, 0.15) is 35.4 Å². The van der Waals surface area contributed by atoms with Crippen LogP contribution < -0.4 is 5.32 Å². The number of fused-ring (bicyclic) bond motifs is 4. The van der Waals surface area contributed by atoms with Crippen molar-refractivity contribution < 1.29 is 14.8 Å². The summed E-state index contributed by atoms with van der Waals surface area (Å²) in [5.74, 6) is -1.00. The molecule has 1 unspecified atom stereocenters. The van der Waals surface area contributed by atoms with Crippen LogP contribution in [-0.2, 0) is 10.3 Å². The topological polar surface area (TPSA) is 95.7 Å². The number of hydrogen-bond donors (Lipinski definition) is 2. The number of nitrogens with zero attached hydrogens (tertiary/aromatic N) is 2. The molecule has 4 atom stereocenters. The average molecular weight is 393 g/mol. The number of amides is 1. The third kappa shape index (κ3) is 1.97. The maximum Gasteiger partial charge on any atom is 0.284 e. The van der Waals surface area contributed by atoms with Crippen LogP contribution in [0.5, 0.6) is 0 Å². The van der Waals surface area contributed by atoms with Crippen molar-refractivity contribution in [3.63, 3.8) is 0 Å². The van der Waals surface area contributed by atoms with Crippen LogP contribution in [0.15, 0.2) is 48.5 Å². The fourth-order valence-electron chi connectivity index (χ4n) is 6.22. The molecule has 2 aromatic rings. The number of para-hydroxylation sites is 1. The number of carbonyl (C=O) groups excluding carboxylic acids is 1. The number of rotatable bonds is 3. The van der Waals surface area contributed by atoms with E-state index in [9.17, 15) is 20.0 Å². The molecule has 0 aliphatic carbocycles. The molecule has 0 radical (unpaired) electrons. The summed E-state index contributed by atoms with van der Waals surface area (Å²) >= 11 is 0. The number of carbonyl (C=O) groups is 1. The van der Waals surface area contributed by atoms with Crippen LogP contribution in [0.25, 0.3) is 0 Å². The lowest BCUT2D eigenvalue weighted by Gasteiger charge is -2.39. The lowest BCUT2D eigenvalue weighted by molar-refractivity contribution is -0.587. The first-order chi connectivity index (χ1) is 14.0. The van der Waals surface area contributed by atoms with Crippen LogP contribution in [0.2, 0.25) is 0 Å². The van der Waals surface area contributed by atoms with Gasteiger partial charge in [0.2, 0.25) is 5.54 Å². The minimum absolute atomic E-state index is 0.189. The number of benzene rings is 2. The van der Waals surface area contributed by atoms with Gasteiger partial charge in [-0.1, -0.05) is 42.5 Å². The summed E-state index contributed by atoms with van der Waals surface area (Å²) < 4.78 is 0. The molecule has 3 aliphatic heterocycles. The molecule has 3 heterocycles. The first-order valence-electron chi connectivity index (χ1n) is 9.98. The van der Waals surface area contributed by atoms with E-state index in [0.717, 1.165) is 24.0 Å². The molecule has 0 saturated carbocycles. The number of hydrogen-bond acceptors (Lipinski definition) is 5. The third-order valence-electron chi connectivity index (χ3n) is 7.24. The SMILES string of the molecule is Cc1ccccc1[C@@H]1[C@H]2CCCN2C2(C(=O)Nc3ccccc32)[C@@]1(CO)[N+](=O)[O-]. The Kier molecular flexibility index (Phi) is 3.85. The first kappa shape index (κ1) is 18.3. The molecule has 150 valence electrons. The second-order valence-corrected chi connectivity index (χ2v) is 8.29. The van der Waals surface area contributed by atoms with Gasteiger partial charge in [-0.05, 0) is 37.0 Å². The van der Waals surface area contributed by atoms with E-state index in [0.29, 0.717) is 17.8 Å². The highest BCUT2D eigenvalue weighted by Gasteiger charge is 2.82. The van der Waals surface area contributed by atoms with Gasteiger partial charge >= 0.3 is 0 Å². The molecule has 7 nitrogen and oxygen atoms in total. The molecule has 7 heteroatoms. The van der Waals surface area contributed by atoms with Crippen molar-refractivity contribution in [2.75, 3.05) is 18.5 Å². The fraction of sp³-hybridized carbons (Fsp3) is 0.409. The van der Waals surface area contributed by atoms with E-state index in [1.807, 2.05) is 36.1 Å². The van der Waals surface area contributed by atoms with Gasteiger partial charge in [0.25, 0.3) is 11.4 Å². The van der Waals surface area contributed by atoms with E-state index in [1.54, 1.807) is 24.3 Å². The Morgan fingerprint density at radius 1 is 1.24 bits per heavy atom. The van der Waals surface area contributed by atoms with Crippen molar-refractivity contribution in [3.8, 4) is 0 Å². The highest BCUT2D eigenvalue weighted by Crippen LogP contribution is 2.63. The van der Waals surface area contributed by atoms with Crippen molar-refractivity contribution in [1.29, 1.82) is 0 Å². The second-order valence-electron chi connectivity index (χ2n) is 8.29. The Labute approximate surface area is 168 Å². The van der Waals surface area contributed by atoms with E-state index in [2.05, 4.69) is 5.32 Å². The summed E-state index contributed by atoms with van der Waals surface area (Å²) in [6.07, 6.45) is 1.62. The van der Waals surface area contributed by atoms with Gasteiger partial charge in [0, 0.05) is 28.8 Å². The zero-order valence-corrected chi connectivity index (χ0v) is 16.2. The van der Waals surface area contributed by atoms with Crippen LogP contribution in [0.4, 0.5) is 5.69 Å². The van der Waals surface area contributed by atoms with Crippen LogP contribution >= 0.6 is 0 Å². The largest absolute Gasteiger partial charge is 0.389 e. The van der Waals surface area contributed by atoms with Crippen LogP contribution in [0, 0.1) is 17.0 Å². The molecule has 2 aromatic carbocycles. The predicted molar refractivity (Wildman–Crippen MR) is 107 cm³/mol. The normalized spacial score (nSPS) is 33.0. The summed E-state index contributed by atoms with van der Waals surface area (Å²) in [6, 6.07) is 14.6. The minimum Gasteiger partial charge on any atom is -0.389 e. The fourth-order valence-corrected chi connectivity index (χ4v) is 6.22. The molecule has 29 heavy (non-hydrogen) atoms. The lowest BCUT2D eigenvalue weighted by atomic mass is 9.66. The Balaban J connectivity index is 1.88. The molecule has 1 amide bonds. The average Bonchev–Trinajstić information content (AvgIpc) is 3.35. The standard InChI is InChI=1S/C22H23N3O4/c1-14-7-2-3-8-15(14)19-18-11-6-12-24(18)22(21(19,13-26)25(28)29)16-9-4-5-10-17(16)23-20(22)27/h2-5,7-10,18-19,26H,6,11-13H2,1H3,(H,23,27)/t18-,19-,21+,22?/m1/s1. The molecule has 0 aromatic heterocycles. The Morgan fingerprint density at radius 2 is 1.97 bits per heavy atom. The van der Waals surface area contributed by atoms with Gasteiger partial charge in [-0.3, -0.25) is 19.8 Å². The Morgan fingerprint density at radius 3 is 2.69 bits per heavy atom. The molecular weight excluding hydrogens is 370 g/mol. The van der Waals surface area contributed by atoms with Gasteiger partial charge in [0.05, 0.1) is 5.92 Å². The minimum atomic E-state index is -1.87. The number of anilines is 1. The summed E-state index contributed by atoms with van der Waals surface area (Å²) in [4.78, 5) is 28.0. The zero-order chi connectivity index (χ0) is 20.4. The number of aliphatic hydroxyl groups is 1. The van der Waals surface area contributed by atoms with E-state index >= 15 is 0 Å². The quantitative estimate of drug-likeness (QED) is 0.617. The monoisotopic (exact) mass is 393 g/mol. The molecule has 5 rings (SSSR count). The van der Waals surface area contributed by atoms with E-state index in [1.165, 1.54) is 0 Å². The van der Waals surface area contributed by atoms with E-state index < -0.39 is 29.5 Å². The molecule has 2 N–H and O–H groups in total. The van der Waals surface area contributed by atoms with Crippen molar-refractivity contribution in [2.24, 2.45) is 0 Å². The Hall–Kier alpha value is -2.77. The highest BCUT2D eigenvalue weighted by atomic mass is 16.6. The maximum atomic E-state index is 13.6. The van der Waals surface area contributed by atoms with Gasteiger partial charge in [-0.2, -0.15) is 0 Å². The molecule has 2 saturated heterocycles. The zero-order valence-electron chi connectivity index (χ0n) is 16.2. The summed E-state index contributed by atoms with van der Waals surface area (Å²) in [7, 11) is 0. The maximum absolute atomic E-state index is 13.6. The molecule has 3 aliphatic rings. The molecule has 2 fully saturated rings. The number of aryl methyl sites for hydroxylation is 1. The van der Waals surface area contributed by atoms with E-state index in [-0.39, 0.29) is 11.0 Å². The summed E-state index contributed by atoms with van der Waals surface area (Å²) in [5, 5.41) is 26.4. The third-order valence-corrected chi connectivity index (χ3v) is 7.24. The van der Waals surface area contributed by atoms with Crippen LogP contribution in [0.3, 0.4) is 0 Å². The van der Waals surface area contributed by atoms with Crippen molar-refractivity contribution in [3.05, 3.63) is 75.3 Å². The van der Waals surface area contributed by atoms with Gasteiger partial charge in [0.15, 0.2) is 0 Å². The number of nitro groups is 1. The lowest BCUT2D eigenvalue weighted by Crippen LogP contribution is -2.66. The second kappa shape index (κ2) is 6.11. The van der Waals surface area contributed by atoms with Gasteiger partial charge in [-0.25, -0.2) is 0 Å². The van der Waals surface area contributed by atoms with Gasteiger partial charge in [-0.15, -0.1) is 0 Å². The summed E-state index contributed by atoms with van der Waals surface area (Å²) in [5.41, 5.74) is -0.444. The smallest absolute Gasteiger partial charge is 0.284 e. The Bertz CT molecular complexity index is 1020. The van der Waals surface area contributed by atoms with Crippen molar-refractivity contribution >= 4 is 11.6 Å². The van der Waals surface area contributed by atoms with Crippen molar-refractivity contribution in [2.45, 2.75) is 42.8 Å². The first-order valence-corrected chi connectivity index (χ1v) is 9.98. The number of aliphatic hydroxyl groups excluding tert-OH is 1. The molecular formula is C22H23N3O4. The van der Waals surface area contributed by atoms with Gasteiger partial charge < -0.3 is 10.4 Å². The highest BCUT2D eigenvalue weighted by molar-refractivity contribution is 6.07. The summed E-state index contributed by atoms with van der Waals surface area (Å²) in [6.45, 7) is 1.81. The number of nitrogens with one attached hydrogen (secondary N) is 1. The molecule has 1 spiro atoms. The molecule has 0 bridgehead atoms. The van der Waals surface area contributed by atoms with Gasteiger partial charge in [0.1, 0.15) is 6.61 Å². The van der Waals surface area contributed by atoms with Crippen LogP contribution in [-0.4, -0.2) is 45.6 Å². The van der Waals surface area contributed by atoms with Crippen molar-refractivity contribution in [1.82, 2.24) is 4.90 Å². The predicted octanol–water partition coefficient (Wildman–Crippen LogP) is 2.41. The van der Waals surface area contributed by atoms with E-state index in [4.69, 9.17) is 0 Å².